The Balaban J connectivity index is 1.74. The number of hydrogen-bond donors (Lipinski definition) is 1. The summed E-state index contributed by atoms with van der Waals surface area (Å²) in [4.78, 5) is 11.8. The molecule has 0 atom stereocenters. The number of nitrogens with zero attached hydrogens (tertiary/aromatic N) is 2. The van der Waals surface area contributed by atoms with Crippen molar-refractivity contribution in [2.45, 2.75) is 13.0 Å². The van der Waals surface area contributed by atoms with Crippen LogP contribution < -0.4 is 10.1 Å². The molecule has 0 aliphatic heterocycles. The molecule has 5 nitrogen and oxygen atoms in total. The highest BCUT2D eigenvalue weighted by molar-refractivity contribution is 5.94. The van der Waals surface area contributed by atoms with E-state index in [0.717, 1.165) is 18.7 Å². The first-order valence-corrected chi connectivity index (χ1v) is 6.19. The third-order valence-electron chi connectivity index (χ3n) is 2.76. The fourth-order valence-corrected chi connectivity index (χ4v) is 1.72. The minimum Gasteiger partial charge on any atom is -0.497 e. The Morgan fingerprint density at radius 2 is 2.16 bits per heavy atom. The lowest BCUT2D eigenvalue weighted by molar-refractivity contribution is 0.0952. The molecule has 1 aromatic carbocycles. The zero-order valence-corrected chi connectivity index (χ0v) is 10.9. The fourth-order valence-electron chi connectivity index (χ4n) is 1.72. The first-order chi connectivity index (χ1) is 9.29. The average Bonchev–Trinajstić information content (AvgIpc) is 2.96. The smallest absolute Gasteiger partial charge is 0.251 e. The van der Waals surface area contributed by atoms with Gasteiger partial charge in [-0.15, -0.1) is 0 Å². The van der Waals surface area contributed by atoms with Crippen LogP contribution in [0.1, 0.15) is 16.8 Å². The molecule has 0 fully saturated rings. The van der Waals surface area contributed by atoms with Crippen molar-refractivity contribution in [3.05, 3.63) is 48.3 Å². The summed E-state index contributed by atoms with van der Waals surface area (Å²) in [7, 11) is 1.60. The minimum atomic E-state index is -0.0666. The second kappa shape index (κ2) is 6.58. The Hall–Kier alpha value is -2.30. The number of rotatable bonds is 6. The van der Waals surface area contributed by atoms with Gasteiger partial charge in [-0.1, -0.05) is 0 Å². The molecule has 0 spiro atoms. The first kappa shape index (κ1) is 13.1. The highest BCUT2D eigenvalue weighted by Crippen LogP contribution is 2.10. The summed E-state index contributed by atoms with van der Waals surface area (Å²) in [5, 5.41) is 6.98. The Labute approximate surface area is 112 Å². The van der Waals surface area contributed by atoms with Gasteiger partial charge in [-0.05, 0) is 36.8 Å². The summed E-state index contributed by atoms with van der Waals surface area (Å²) >= 11 is 0. The molecule has 0 saturated heterocycles. The van der Waals surface area contributed by atoms with E-state index in [2.05, 4.69) is 10.4 Å². The van der Waals surface area contributed by atoms with Gasteiger partial charge >= 0.3 is 0 Å². The van der Waals surface area contributed by atoms with E-state index in [4.69, 9.17) is 4.74 Å². The van der Waals surface area contributed by atoms with Gasteiger partial charge in [0.1, 0.15) is 5.75 Å². The highest BCUT2D eigenvalue weighted by atomic mass is 16.5. The summed E-state index contributed by atoms with van der Waals surface area (Å²) in [5.41, 5.74) is 0.639. The van der Waals surface area contributed by atoms with Gasteiger partial charge in [0.15, 0.2) is 0 Å². The predicted octanol–water partition coefficient (Wildman–Crippen LogP) is 1.71. The van der Waals surface area contributed by atoms with Crippen molar-refractivity contribution in [2.75, 3.05) is 13.7 Å². The van der Waals surface area contributed by atoms with Gasteiger partial charge in [0.05, 0.1) is 7.11 Å². The summed E-state index contributed by atoms with van der Waals surface area (Å²) in [6.45, 7) is 1.43. The molecule has 0 saturated carbocycles. The number of methoxy groups -OCH3 is 1. The molecular weight excluding hydrogens is 242 g/mol. The van der Waals surface area contributed by atoms with E-state index in [1.54, 1.807) is 37.6 Å². The van der Waals surface area contributed by atoms with Crippen LogP contribution in [0.25, 0.3) is 0 Å². The van der Waals surface area contributed by atoms with Crippen LogP contribution in [-0.4, -0.2) is 29.3 Å². The van der Waals surface area contributed by atoms with Crippen molar-refractivity contribution in [1.29, 1.82) is 0 Å². The third-order valence-corrected chi connectivity index (χ3v) is 2.76. The van der Waals surface area contributed by atoms with E-state index in [1.165, 1.54) is 0 Å². The summed E-state index contributed by atoms with van der Waals surface area (Å²) in [5.74, 6) is 0.679. The van der Waals surface area contributed by atoms with Gasteiger partial charge in [0.25, 0.3) is 5.91 Å². The number of amides is 1. The third kappa shape index (κ3) is 3.84. The van der Waals surface area contributed by atoms with Crippen molar-refractivity contribution in [3.8, 4) is 5.75 Å². The number of nitrogens with one attached hydrogen (secondary N) is 1. The van der Waals surface area contributed by atoms with Crippen LogP contribution in [0.3, 0.4) is 0 Å². The van der Waals surface area contributed by atoms with Crippen LogP contribution in [0.4, 0.5) is 0 Å². The van der Waals surface area contributed by atoms with E-state index >= 15 is 0 Å². The lowest BCUT2D eigenvalue weighted by Crippen LogP contribution is -2.25. The highest BCUT2D eigenvalue weighted by Gasteiger charge is 2.04. The molecule has 0 radical (unpaired) electrons. The Bertz CT molecular complexity index is 506. The van der Waals surface area contributed by atoms with Crippen LogP contribution in [-0.2, 0) is 6.54 Å². The Morgan fingerprint density at radius 3 is 2.79 bits per heavy atom. The maximum absolute atomic E-state index is 11.8. The lowest BCUT2D eigenvalue weighted by Gasteiger charge is -2.06. The van der Waals surface area contributed by atoms with Crippen LogP contribution in [0.15, 0.2) is 42.7 Å². The molecule has 0 aliphatic carbocycles. The average molecular weight is 259 g/mol. The van der Waals surface area contributed by atoms with E-state index in [1.807, 2.05) is 16.9 Å². The predicted molar refractivity (Wildman–Crippen MR) is 72.2 cm³/mol. The van der Waals surface area contributed by atoms with Crippen molar-refractivity contribution in [2.24, 2.45) is 0 Å². The van der Waals surface area contributed by atoms with E-state index < -0.39 is 0 Å². The van der Waals surface area contributed by atoms with Crippen molar-refractivity contribution < 1.29 is 9.53 Å². The maximum Gasteiger partial charge on any atom is 0.251 e. The molecule has 1 heterocycles. The van der Waals surface area contributed by atoms with Crippen LogP contribution >= 0.6 is 0 Å². The number of carbonyl (C=O) groups is 1. The number of benzene rings is 1. The van der Waals surface area contributed by atoms with E-state index in [0.29, 0.717) is 12.1 Å². The maximum atomic E-state index is 11.8. The van der Waals surface area contributed by atoms with Gasteiger partial charge in [0, 0.05) is 31.0 Å². The molecule has 0 unspecified atom stereocenters. The quantitative estimate of drug-likeness (QED) is 0.803. The molecule has 19 heavy (non-hydrogen) atoms. The van der Waals surface area contributed by atoms with E-state index in [9.17, 15) is 4.79 Å². The first-order valence-electron chi connectivity index (χ1n) is 6.19. The lowest BCUT2D eigenvalue weighted by atomic mass is 10.2. The number of aromatic nitrogens is 2. The number of hydrogen-bond acceptors (Lipinski definition) is 3. The molecule has 1 N–H and O–H groups in total. The molecule has 1 aromatic heterocycles. The van der Waals surface area contributed by atoms with Crippen molar-refractivity contribution >= 4 is 5.91 Å². The Kier molecular flexibility index (Phi) is 4.55. The monoisotopic (exact) mass is 259 g/mol. The van der Waals surface area contributed by atoms with Crippen LogP contribution in [0.2, 0.25) is 0 Å². The molecule has 1 amide bonds. The molecular formula is C14H17N3O2. The van der Waals surface area contributed by atoms with Crippen LogP contribution in [0, 0.1) is 0 Å². The second-order valence-corrected chi connectivity index (χ2v) is 4.11. The molecule has 5 heteroatoms. The number of ether oxygens (including phenoxy) is 1. The number of carbonyl (C=O) groups excluding carboxylic acids is 1. The largest absolute Gasteiger partial charge is 0.497 e. The van der Waals surface area contributed by atoms with Gasteiger partial charge in [-0.2, -0.15) is 5.10 Å². The molecule has 100 valence electrons. The normalized spacial score (nSPS) is 10.2. The van der Waals surface area contributed by atoms with E-state index in [-0.39, 0.29) is 5.91 Å². The topological polar surface area (TPSA) is 56.1 Å². The van der Waals surface area contributed by atoms with Crippen LogP contribution in [0.5, 0.6) is 5.75 Å². The number of aryl methyl sites for hydroxylation is 1. The van der Waals surface area contributed by atoms with Gasteiger partial charge in [0.2, 0.25) is 0 Å². The standard InChI is InChI=1S/C14H17N3O2/c1-19-13-6-4-12(5-7-13)14(18)15-8-2-10-17-11-3-9-16-17/h3-7,9,11H,2,8,10H2,1H3,(H,15,18). The van der Waals surface area contributed by atoms with Gasteiger partial charge in [-0.25, -0.2) is 0 Å². The summed E-state index contributed by atoms with van der Waals surface area (Å²) in [6.07, 6.45) is 4.50. The molecule has 0 aliphatic rings. The fraction of sp³-hybridized carbons (Fsp3) is 0.286. The molecule has 2 aromatic rings. The van der Waals surface area contributed by atoms with Crippen molar-refractivity contribution in [1.82, 2.24) is 15.1 Å². The summed E-state index contributed by atoms with van der Waals surface area (Å²) < 4.78 is 6.89. The Morgan fingerprint density at radius 1 is 1.37 bits per heavy atom. The second-order valence-electron chi connectivity index (χ2n) is 4.11. The zero-order chi connectivity index (χ0) is 13.5. The van der Waals surface area contributed by atoms with Gasteiger partial charge in [-0.3, -0.25) is 9.48 Å². The molecule has 2 rings (SSSR count). The molecule has 0 bridgehead atoms. The van der Waals surface area contributed by atoms with Crippen molar-refractivity contribution in [3.63, 3.8) is 0 Å². The SMILES string of the molecule is COc1ccc(C(=O)NCCCn2cccn2)cc1. The zero-order valence-electron chi connectivity index (χ0n) is 10.9. The summed E-state index contributed by atoms with van der Waals surface area (Å²) in [6, 6.07) is 8.94. The minimum absolute atomic E-state index is 0.0666. The van der Waals surface area contributed by atoms with Gasteiger partial charge < -0.3 is 10.1 Å².